The van der Waals surface area contributed by atoms with E-state index in [1.807, 2.05) is 0 Å². The van der Waals surface area contributed by atoms with Crippen LogP contribution < -0.4 is 17.1 Å². The first kappa shape index (κ1) is 13.7. The van der Waals surface area contributed by atoms with Crippen molar-refractivity contribution in [2.24, 2.45) is 0 Å². The van der Waals surface area contributed by atoms with Gasteiger partial charge in [0.15, 0.2) is 6.23 Å². The minimum atomic E-state index is -2.81. The first-order valence-electron chi connectivity index (χ1n) is 5.29. The number of rotatable bonds is 2. The zero-order chi connectivity index (χ0) is 14.4. The van der Waals surface area contributed by atoms with E-state index in [1.165, 1.54) is 0 Å². The maximum atomic E-state index is 11.7. The van der Waals surface area contributed by atoms with Gasteiger partial charge in [0.1, 0.15) is 12.2 Å². The summed E-state index contributed by atoms with van der Waals surface area (Å²) in [6.45, 7) is -0.683. The predicted octanol–water partition coefficient (Wildman–Crippen LogP) is -4.34. The average molecular weight is 275 g/mol. The van der Waals surface area contributed by atoms with Gasteiger partial charge < -0.3 is 31.0 Å². The molecule has 0 aromatic carbocycles. The van der Waals surface area contributed by atoms with Crippen LogP contribution in [0.1, 0.15) is 6.23 Å². The Morgan fingerprint density at radius 2 is 2.05 bits per heavy atom. The van der Waals surface area contributed by atoms with E-state index in [-0.39, 0.29) is 4.68 Å². The summed E-state index contributed by atoms with van der Waals surface area (Å²) in [5.74, 6) is 2.37. The van der Waals surface area contributed by atoms with Gasteiger partial charge in [0.25, 0.3) is 5.56 Å². The SMILES string of the molecule is Nn1c(=O)ccn([C@@H]2O[C@H](CO)[C@@H](O)C2(O)O)c1=O. The van der Waals surface area contributed by atoms with Gasteiger partial charge in [-0.2, -0.15) is 4.68 Å². The van der Waals surface area contributed by atoms with Crippen LogP contribution in [0.5, 0.6) is 0 Å². The summed E-state index contributed by atoms with van der Waals surface area (Å²) in [6, 6.07) is 0.916. The fourth-order valence-electron chi connectivity index (χ4n) is 1.86. The van der Waals surface area contributed by atoms with Crippen molar-refractivity contribution in [1.29, 1.82) is 0 Å². The van der Waals surface area contributed by atoms with Gasteiger partial charge in [0, 0.05) is 12.3 Å². The number of hydrogen-bond acceptors (Lipinski definition) is 8. The van der Waals surface area contributed by atoms with Crippen molar-refractivity contribution in [2.45, 2.75) is 24.2 Å². The lowest BCUT2D eigenvalue weighted by molar-refractivity contribution is -0.249. The highest BCUT2D eigenvalue weighted by molar-refractivity contribution is 4.97. The summed E-state index contributed by atoms with van der Waals surface area (Å²) in [5, 5.41) is 38.0. The Bertz CT molecular complexity index is 592. The largest absolute Gasteiger partial charge is 0.394 e. The smallest absolute Gasteiger partial charge is 0.352 e. The van der Waals surface area contributed by atoms with E-state index < -0.39 is 42.1 Å². The predicted molar refractivity (Wildman–Crippen MR) is 59.3 cm³/mol. The van der Waals surface area contributed by atoms with Gasteiger partial charge in [0.05, 0.1) is 6.61 Å². The third-order valence-corrected chi connectivity index (χ3v) is 2.93. The molecule has 1 fully saturated rings. The lowest BCUT2D eigenvalue weighted by atomic mass is 10.1. The summed E-state index contributed by atoms with van der Waals surface area (Å²) in [6.07, 6.45) is -3.87. The Hall–Kier alpha value is -1.72. The van der Waals surface area contributed by atoms with Crippen molar-refractivity contribution in [3.63, 3.8) is 0 Å². The van der Waals surface area contributed by atoms with Crippen molar-refractivity contribution >= 4 is 0 Å². The van der Waals surface area contributed by atoms with Crippen LogP contribution in [0.3, 0.4) is 0 Å². The van der Waals surface area contributed by atoms with E-state index in [9.17, 15) is 24.9 Å². The zero-order valence-electron chi connectivity index (χ0n) is 9.58. The molecular formula is C9H13N3O7. The molecule has 0 bridgehead atoms. The van der Waals surface area contributed by atoms with Crippen LogP contribution in [-0.2, 0) is 4.74 Å². The molecular weight excluding hydrogens is 262 g/mol. The maximum Gasteiger partial charge on any atom is 0.352 e. The van der Waals surface area contributed by atoms with Crippen molar-refractivity contribution in [2.75, 3.05) is 12.4 Å². The van der Waals surface area contributed by atoms with Crippen molar-refractivity contribution in [1.82, 2.24) is 9.24 Å². The van der Waals surface area contributed by atoms with Crippen molar-refractivity contribution in [3.8, 4) is 0 Å². The normalized spacial score (nSPS) is 29.6. The van der Waals surface area contributed by atoms with E-state index in [0.29, 0.717) is 4.57 Å². The summed E-state index contributed by atoms with van der Waals surface area (Å²) < 4.78 is 5.88. The third kappa shape index (κ3) is 1.95. The Balaban J connectivity index is 2.51. The van der Waals surface area contributed by atoms with E-state index in [2.05, 4.69) is 0 Å². The molecule has 1 saturated heterocycles. The maximum absolute atomic E-state index is 11.7. The summed E-state index contributed by atoms with van der Waals surface area (Å²) in [4.78, 5) is 22.8. The molecule has 1 aromatic rings. The molecule has 3 atom stereocenters. The monoisotopic (exact) mass is 275 g/mol. The lowest BCUT2D eigenvalue weighted by Crippen LogP contribution is -2.51. The molecule has 0 aliphatic carbocycles. The third-order valence-electron chi connectivity index (χ3n) is 2.93. The summed E-state index contributed by atoms with van der Waals surface area (Å²) in [7, 11) is 0. The van der Waals surface area contributed by atoms with Gasteiger partial charge in [-0.05, 0) is 0 Å². The van der Waals surface area contributed by atoms with Crippen LogP contribution in [-0.4, -0.2) is 54.3 Å². The highest BCUT2D eigenvalue weighted by Crippen LogP contribution is 2.35. The Morgan fingerprint density at radius 1 is 1.42 bits per heavy atom. The number of nitrogen functional groups attached to an aromatic ring is 1. The molecule has 6 N–H and O–H groups in total. The van der Waals surface area contributed by atoms with Crippen LogP contribution in [0, 0.1) is 0 Å². The molecule has 0 unspecified atom stereocenters. The molecule has 10 nitrogen and oxygen atoms in total. The van der Waals surface area contributed by atoms with Gasteiger partial charge in [-0.3, -0.25) is 9.36 Å². The molecule has 2 heterocycles. The van der Waals surface area contributed by atoms with Crippen molar-refractivity contribution < 1.29 is 25.2 Å². The minimum absolute atomic E-state index is 0.248. The van der Waals surface area contributed by atoms with E-state index in [0.717, 1.165) is 12.3 Å². The molecule has 19 heavy (non-hydrogen) atoms. The second-order valence-electron chi connectivity index (χ2n) is 4.15. The highest BCUT2D eigenvalue weighted by atomic mass is 16.6. The molecule has 1 aliphatic heterocycles. The Morgan fingerprint density at radius 3 is 2.58 bits per heavy atom. The van der Waals surface area contributed by atoms with E-state index >= 15 is 0 Å². The van der Waals surface area contributed by atoms with E-state index in [4.69, 9.17) is 15.7 Å². The molecule has 10 heteroatoms. The topological polar surface area (TPSA) is 160 Å². The Labute approximate surface area is 105 Å². The zero-order valence-corrected chi connectivity index (χ0v) is 9.58. The molecule has 2 rings (SSSR count). The molecule has 1 aromatic heterocycles. The first-order valence-corrected chi connectivity index (χ1v) is 5.29. The summed E-state index contributed by atoms with van der Waals surface area (Å²) >= 11 is 0. The van der Waals surface area contributed by atoms with Crippen LogP contribution in [0.25, 0.3) is 0 Å². The van der Waals surface area contributed by atoms with Crippen LogP contribution >= 0.6 is 0 Å². The number of ether oxygens (including phenoxy) is 1. The molecule has 0 amide bonds. The van der Waals surface area contributed by atoms with Gasteiger partial charge in [-0.15, -0.1) is 0 Å². The van der Waals surface area contributed by atoms with Crippen LogP contribution in [0.2, 0.25) is 0 Å². The highest BCUT2D eigenvalue weighted by Gasteiger charge is 2.55. The van der Waals surface area contributed by atoms with Gasteiger partial charge in [-0.1, -0.05) is 0 Å². The van der Waals surface area contributed by atoms with E-state index in [1.54, 1.807) is 0 Å². The molecule has 0 radical (unpaired) electrons. The molecule has 0 saturated carbocycles. The molecule has 106 valence electrons. The number of aromatic nitrogens is 2. The fourth-order valence-corrected chi connectivity index (χ4v) is 1.86. The first-order chi connectivity index (χ1) is 8.80. The number of nitrogens with two attached hydrogens (primary N) is 1. The number of aliphatic hydroxyl groups is 4. The minimum Gasteiger partial charge on any atom is -0.394 e. The quantitative estimate of drug-likeness (QED) is 0.267. The lowest BCUT2D eigenvalue weighted by Gasteiger charge is -2.25. The Kier molecular flexibility index (Phi) is 3.20. The van der Waals surface area contributed by atoms with Crippen LogP contribution in [0.15, 0.2) is 21.9 Å². The average Bonchev–Trinajstić information content (AvgIpc) is 2.59. The van der Waals surface area contributed by atoms with Gasteiger partial charge >= 0.3 is 5.69 Å². The van der Waals surface area contributed by atoms with Crippen molar-refractivity contribution in [3.05, 3.63) is 33.1 Å². The van der Waals surface area contributed by atoms with Gasteiger partial charge in [0.2, 0.25) is 5.79 Å². The second kappa shape index (κ2) is 4.43. The summed E-state index contributed by atoms with van der Waals surface area (Å²) in [5.41, 5.74) is -1.85. The molecule has 0 spiro atoms. The second-order valence-corrected chi connectivity index (χ2v) is 4.15. The molecule has 1 aliphatic rings. The number of aliphatic hydroxyl groups excluding tert-OH is 2. The number of nitrogens with zero attached hydrogens (tertiary/aromatic N) is 2. The fraction of sp³-hybridized carbons (Fsp3) is 0.556. The number of hydrogen-bond donors (Lipinski definition) is 5. The standard InChI is InChI=1S/C9H13N3O7/c10-12-5(14)1-2-11(8(12)16)7-9(17,18)6(15)4(3-13)19-7/h1-2,4,6-7,13,15,17-18H,3,10H2/t4-,6-,7-/m1/s1. The van der Waals surface area contributed by atoms with Crippen LogP contribution in [0.4, 0.5) is 0 Å². The van der Waals surface area contributed by atoms with Gasteiger partial charge in [-0.25, -0.2) is 4.79 Å².